The van der Waals surface area contributed by atoms with Gasteiger partial charge in [-0.2, -0.15) is 0 Å². The van der Waals surface area contributed by atoms with Crippen LogP contribution in [0.15, 0.2) is 12.2 Å². The molecule has 0 rings (SSSR count). The number of hydrogen-bond acceptors (Lipinski definition) is 1. The average molecular weight is 189 g/mol. The molecular weight excluding hydrogens is 176 g/mol. The predicted octanol–water partition coefficient (Wildman–Crippen LogP) is 2.32. The summed E-state index contributed by atoms with van der Waals surface area (Å²) >= 11 is -0.193. The minimum absolute atomic E-state index is 0.193. The molecule has 0 saturated carbocycles. The van der Waals surface area contributed by atoms with Crippen LogP contribution in [0.3, 0.4) is 0 Å². The van der Waals surface area contributed by atoms with E-state index in [1.165, 1.54) is 11.0 Å². The molecule has 0 atom stereocenters. The maximum absolute atomic E-state index is 8.36. The Balaban J connectivity index is 0. The van der Waals surface area contributed by atoms with Crippen molar-refractivity contribution in [3.8, 4) is 0 Å². The molecule has 0 aromatic heterocycles. The third-order valence-electron chi connectivity index (χ3n) is 0.907. The molecule has 0 aromatic rings. The van der Waals surface area contributed by atoms with E-state index in [4.69, 9.17) is 19.0 Å². The van der Waals surface area contributed by atoms with Crippen LogP contribution < -0.4 is 0 Å². The van der Waals surface area contributed by atoms with Crippen molar-refractivity contribution in [1.29, 1.82) is 0 Å². The van der Waals surface area contributed by atoms with Crippen LogP contribution in [0.25, 0.3) is 0 Å². The largest absolute Gasteiger partial charge is 0.501 e. The lowest BCUT2D eigenvalue weighted by atomic mass is 10.3. The average Bonchev–Trinajstić information content (AvgIpc) is 2.00. The van der Waals surface area contributed by atoms with Gasteiger partial charge in [-0.25, -0.2) is 0 Å². The fourth-order valence-electron chi connectivity index (χ4n) is 0.480. The van der Waals surface area contributed by atoms with Gasteiger partial charge in [-0.05, 0) is 6.42 Å². The van der Waals surface area contributed by atoms with Gasteiger partial charge in [-0.1, -0.05) is 25.5 Å². The topological polar surface area (TPSA) is 37.3 Å². The summed E-state index contributed by atoms with van der Waals surface area (Å²) in [7, 11) is 5.59. The minimum Gasteiger partial charge on any atom is -0.483 e. The Kier molecular flexibility index (Phi) is 21.0. The van der Waals surface area contributed by atoms with E-state index in [1.54, 1.807) is 0 Å². The molecule has 0 aliphatic rings. The molecule has 0 aliphatic heterocycles. The second-order valence-corrected chi connectivity index (χ2v) is 4.04. The van der Waals surface area contributed by atoms with E-state index in [0.717, 1.165) is 6.42 Å². The summed E-state index contributed by atoms with van der Waals surface area (Å²) < 4.78 is 1.25. The van der Waals surface area contributed by atoms with Crippen molar-refractivity contribution in [2.24, 2.45) is 0 Å². The summed E-state index contributed by atoms with van der Waals surface area (Å²) in [5.74, 6) is 0. The number of carboxylic acid groups (broad SMARTS) is 1. The minimum atomic E-state index is -0.250. The van der Waals surface area contributed by atoms with Gasteiger partial charge in [-0.15, -0.1) is 4.55 Å². The molecule has 0 spiro atoms. The first kappa shape index (κ1) is 13.8. The third kappa shape index (κ3) is 25.3. The van der Waals surface area contributed by atoms with Gasteiger partial charge in [0.15, 0.2) is 0 Å². The molecule has 0 amide bonds. The lowest BCUT2D eigenvalue weighted by Gasteiger charge is -1.82. The smallest absolute Gasteiger partial charge is 0.483 e. The third-order valence-corrected chi connectivity index (χ3v) is 2.38. The fourth-order valence-corrected chi connectivity index (χ4v) is 1.33. The molecule has 0 aromatic carbocycles. The molecule has 2 nitrogen and oxygen atoms in total. The van der Waals surface area contributed by atoms with Crippen molar-refractivity contribution >= 4 is 34.8 Å². The van der Waals surface area contributed by atoms with E-state index in [2.05, 4.69) is 19.1 Å². The van der Waals surface area contributed by atoms with Gasteiger partial charge in [-0.3, -0.25) is 4.79 Å². The van der Waals surface area contributed by atoms with E-state index in [0.29, 0.717) is 0 Å². The molecule has 1 N–H and O–H groups in total. The van der Waals surface area contributed by atoms with Gasteiger partial charge in [0.05, 0.1) is 0 Å². The van der Waals surface area contributed by atoms with Crippen LogP contribution in [-0.2, 0) is 4.79 Å². The Morgan fingerprint density at radius 3 is 2.45 bits per heavy atom. The molecule has 4 heteroatoms. The first-order chi connectivity index (χ1) is 5.33. The van der Waals surface area contributed by atoms with Gasteiger partial charge in [0.25, 0.3) is 6.47 Å². The van der Waals surface area contributed by atoms with Crippen molar-refractivity contribution in [3.05, 3.63) is 12.2 Å². The second kappa shape index (κ2) is 16.7. The molecule has 0 heterocycles. The molecular formula is C7H13ClMgO2. The number of rotatable bonds is 4. The SMILES string of the molecule is CC/C=C\C[CH2][Mg][Cl].O=CO. The van der Waals surface area contributed by atoms with Gasteiger partial charge >= 0.3 is 19.3 Å². The summed E-state index contributed by atoms with van der Waals surface area (Å²) in [6, 6.07) is 0. The van der Waals surface area contributed by atoms with E-state index >= 15 is 0 Å². The van der Waals surface area contributed by atoms with Gasteiger partial charge < -0.3 is 14.2 Å². The summed E-state index contributed by atoms with van der Waals surface area (Å²) in [6.45, 7) is 1.90. The standard InChI is InChI=1S/C6H11.CH2O2.ClH.Mg/c1-3-5-6-4-2;2-1-3;;/h5-6H,1,3-4H2,2H3;1H,(H,2,3);1H;/q;;;+1/p-1/b6-5-;;;. The highest BCUT2D eigenvalue weighted by Gasteiger charge is 1.84. The summed E-state index contributed by atoms with van der Waals surface area (Å²) in [5.41, 5.74) is 0. The molecule has 0 radical (unpaired) electrons. The van der Waals surface area contributed by atoms with Crippen LogP contribution in [0.1, 0.15) is 19.8 Å². The summed E-state index contributed by atoms with van der Waals surface area (Å²) in [4.78, 5) is 8.36. The summed E-state index contributed by atoms with van der Waals surface area (Å²) in [6.07, 6.45) is 6.77. The van der Waals surface area contributed by atoms with E-state index in [9.17, 15) is 0 Å². The van der Waals surface area contributed by atoms with Gasteiger partial charge in [0.1, 0.15) is 0 Å². The lowest BCUT2D eigenvalue weighted by molar-refractivity contribution is -0.122. The molecule has 62 valence electrons. The van der Waals surface area contributed by atoms with E-state index in [1.807, 2.05) is 0 Å². The molecule has 0 fully saturated rings. The molecule has 0 saturated heterocycles. The first-order valence-corrected chi connectivity index (χ1v) is 6.76. The lowest BCUT2D eigenvalue weighted by Crippen LogP contribution is -1.72. The Labute approximate surface area is 81.1 Å². The zero-order valence-corrected chi connectivity index (χ0v) is 8.96. The zero-order valence-electron chi connectivity index (χ0n) is 6.79. The Hall–Kier alpha value is 0.266. The van der Waals surface area contributed by atoms with Crippen molar-refractivity contribution in [2.45, 2.75) is 24.3 Å². The van der Waals surface area contributed by atoms with E-state index < -0.39 is 0 Å². The van der Waals surface area contributed by atoms with Gasteiger partial charge in [0.2, 0.25) is 0 Å². The number of halogens is 1. The van der Waals surface area contributed by atoms with Crippen molar-refractivity contribution < 1.29 is 9.90 Å². The van der Waals surface area contributed by atoms with Crippen LogP contribution in [0.5, 0.6) is 0 Å². The fraction of sp³-hybridized carbons (Fsp3) is 0.571. The Morgan fingerprint density at radius 1 is 1.55 bits per heavy atom. The Morgan fingerprint density at radius 2 is 2.09 bits per heavy atom. The van der Waals surface area contributed by atoms with Gasteiger partial charge in [0, 0.05) is 0 Å². The van der Waals surface area contributed by atoms with Crippen molar-refractivity contribution in [2.75, 3.05) is 0 Å². The molecule has 0 bridgehead atoms. The van der Waals surface area contributed by atoms with Crippen LogP contribution in [0.2, 0.25) is 4.55 Å². The van der Waals surface area contributed by atoms with Crippen molar-refractivity contribution in [1.82, 2.24) is 0 Å². The molecule has 0 aliphatic carbocycles. The first-order valence-electron chi connectivity index (χ1n) is 3.62. The van der Waals surface area contributed by atoms with Crippen LogP contribution in [0.4, 0.5) is 0 Å². The van der Waals surface area contributed by atoms with E-state index in [-0.39, 0.29) is 25.7 Å². The quantitative estimate of drug-likeness (QED) is 0.319. The molecule has 11 heavy (non-hydrogen) atoms. The maximum Gasteiger partial charge on any atom is 0.501 e. The highest BCUT2D eigenvalue weighted by molar-refractivity contribution is 6.93. The maximum atomic E-state index is 8.36. The predicted molar refractivity (Wildman–Crippen MR) is 49.2 cm³/mol. The highest BCUT2D eigenvalue weighted by Crippen LogP contribution is 1.93. The normalized spacial score (nSPS) is 8.18. The highest BCUT2D eigenvalue weighted by atomic mass is 35.5. The summed E-state index contributed by atoms with van der Waals surface area (Å²) in [5, 5.41) is 6.89. The van der Waals surface area contributed by atoms with Crippen LogP contribution in [0, 0.1) is 0 Å². The monoisotopic (exact) mass is 188 g/mol. The number of carbonyl (C=O) groups is 1. The second-order valence-electron chi connectivity index (χ2n) is 1.82. The number of allylic oxidation sites excluding steroid dienone is 2. The molecule has 0 unspecified atom stereocenters. The van der Waals surface area contributed by atoms with Crippen LogP contribution in [-0.4, -0.2) is 30.8 Å². The zero-order chi connectivity index (χ0) is 8.95. The number of hydrogen-bond donors (Lipinski definition) is 1. The Bertz CT molecular complexity index is 96.4. The van der Waals surface area contributed by atoms with Crippen molar-refractivity contribution in [3.63, 3.8) is 0 Å². The van der Waals surface area contributed by atoms with Crippen LogP contribution >= 0.6 is 9.07 Å².